The third-order valence-electron chi connectivity index (χ3n) is 5.04. The first kappa shape index (κ1) is 24.0. The zero-order valence-electron chi connectivity index (χ0n) is 17.2. The first-order chi connectivity index (χ1) is 13.2. The maximum atomic E-state index is 13.3. The molecule has 1 fully saturated rings. The minimum Gasteiger partial charge on any atom is -0.469 e. The third-order valence-corrected chi connectivity index (χ3v) is 6.17. The molecule has 0 bridgehead atoms. The van der Waals surface area contributed by atoms with Crippen LogP contribution in [0.3, 0.4) is 0 Å². The number of carbonyl (C=O) groups is 1. The molecule has 2 nitrogen and oxygen atoms in total. The molecule has 0 radical (unpaired) electrons. The standard InChI is InChI=1S/C15H21FS.C8H16O2/c16-14-10-3-4-11-15(14)17-12-6-5-9-13-7-1-2-8-13;1-3-4-5-6-7-8(9)10-2/h3-4,10-11,13H,1-2,5-9,12H2;3-7H2,1-2H3. The monoisotopic (exact) mass is 396 g/mol. The smallest absolute Gasteiger partial charge is 0.305 e. The Balaban J connectivity index is 0.000000314. The maximum Gasteiger partial charge on any atom is 0.305 e. The molecule has 0 heterocycles. The van der Waals surface area contributed by atoms with Crippen molar-refractivity contribution in [2.45, 2.75) is 88.9 Å². The Hall–Kier alpha value is -1.03. The van der Waals surface area contributed by atoms with Crippen LogP contribution in [-0.4, -0.2) is 18.8 Å². The van der Waals surface area contributed by atoms with Gasteiger partial charge in [0.2, 0.25) is 0 Å². The molecule has 154 valence electrons. The largest absolute Gasteiger partial charge is 0.469 e. The molecule has 2 rings (SSSR count). The van der Waals surface area contributed by atoms with E-state index in [2.05, 4.69) is 11.7 Å². The summed E-state index contributed by atoms with van der Waals surface area (Å²) in [6.07, 6.45) is 14.8. The summed E-state index contributed by atoms with van der Waals surface area (Å²) in [5.74, 6) is 1.88. The SMILES string of the molecule is CCCCCCC(=O)OC.Fc1ccccc1SCCCCC1CCCC1. The summed E-state index contributed by atoms with van der Waals surface area (Å²) in [7, 11) is 1.43. The van der Waals surface area contributed by atoms with Crippen LogP contribution in [0.2, 0.25) is 0 Å². The second-order valence-electron chi connectivity index (χ2n) is 7.31. The second kappa shape index (κ2) is 16.0. The molecule has 1 aliphatic rings. The maximum absolute atomic E-state index is 13.3. The average Bonchev–Trinajstić information content (AvgIpc) is 3.20. The number of esters is 1. The zero-order valence-corrected chi connectivity index (χ0v) is 18.0. The molecule has 27 heavy (non-hydrogen) atoms. The van der Waals surface area contributed by atoms with Gasteiger partial charge in [-0.1, -0.05) is 76.8 Å². The van der Waals surface area contributed by atoms with Gasteiger partial charge in [-0.15, -0.1) is 11.8 Å². The van der Waals surface area contributed by atoms with E-state index in [1.54, 1.807) is 23.9 Å². The van der Waals surface area contributed by atoms with Crippen molar-refractivity contribution in [1.82, 2.24) is 0 Å². The van der Waals surface area contributed by atoms with E-state index in [-0.39, 0.29) is 11.8 Å². The lowest BCUT2D eigenvalue weighted by atomic mass is 10.0. The van der Waals surface area contributed by atoms with Crippen molar-refractivity contribution in [3.05, 3.63) is 30.1 Å². The highest BCUT2D eigenvalue weighted by molar-refractivity contribution is 7.99. The van der Waals surface area contributed by atoms with Crippen LogP contribution >= 0.6 is 11.8 Å². The highest BCUT2D eigenvalue weighted by atomic mass is 32.2. The van der Waals surface area contributed by atoms with Crippen LogP contribution in [0.15, 0.2) is 29.2 Å². The van der Waals surface area contributed by atoms with Gasteiger partial charge in [0.05, 0.1) is 7.11 Å². The van der Waals surface area contributed by atoms with E-state index in [1.807, 2.05) is 12.1 Å². The molecule has 0 N–H and O–H groups in total. The molecule has 0 aliphatic heterocycles. The van der Waals surface area contributed by atoms with Crippen molar-refractivity contribution in [2.24, 2.45) is 5.92 Å². The van der Waals surface area contributed by atoms with E-state index in [0.29, 0.717) is 6.42 Å². The lowest BCUT2D eigenvalue weighted by Gasteiger charge is -2.08. The minimum absolute atomic E-state index is 0.0757. The number of hydrogen-bond donors (Lipinski definition) is 0. The van der Waals surface area contributed by atoms with Crippen molar-refractivity contribution >= 4 is 17.7 Å². The van der Waals surface area contributed by atoms with Crippen LogP contribution in [-0.2, 0) is 9.53 Å². The molecule has 0 spiro atoms. The molecule has 0 unspecified atom stereocenters. The van der Waals surface area contributed by atoms with Gasteiger partial charge in [0.25, 0.3) is 0 Å². The van der Waals surface area contributed by atoms with Crippen LogP contribution in [0.5, 0.6) is 0 Å². The fourth-order valence-electron chi connectivity index (χ4n) is 3.38. The van der Waals surface area contributed by atoms with Gasteiger partial charge in [-0.05, 0) is 36.6 Å². The Morgan fingerprint density at radius 1 is 1.11 bits per heavy atom. The number of thioether (sulfide) groups is 1. The molecule has 1 aromatic rings. The van der Waals surface area contributed by atoms with Gasteiger partial charge >= 0.3 is 5.97 Å². The van der Waals surface area contributed by atoms with Gasteiger partial charge in [0.15, 0.2) is 0 Å². The van der Waals surface area contributed by atoms with Gasteiger partial charge in [-0.25, -0.2) is 4.39 Å². The second-order valence-corrected chi connectivity index (χ2v) is 8.45. The number of unbranched alkanes of at least 4 members (excludes halogenated alkanes) is 4. The van der Waals surface area contributed by atoms with Gasteiger partial charge in [-0.2, -0.15) is 0 Å². The number of halogens is 1. The van der Waals surface area contributed by atoms with Crippen LogP contribution < -0.4 is 0 Å². The molecular formula is C23H37FO2S. The van der Waals surface area contributed by atoms with Crippen LogP contribution in [0, 0.1) is 11.7 Å². The fourth-order valence-corrected chi connectivity index (χ4v) is 4.33. The minimum atomic E-state index is -0.0869. The number of hydrogen-bond acceptors (Lipinski definition) is 3. The normalized spacial score (nSPS) is 13.9. The van der Waals surface area contributed by atoms with E-state index in [0.717, 1.165) is 29.4 Å². The molecule has 1 saturated carbocycles. The summed E-state index contributed by atoms with van der Waals surface area (Å²) in [5.41, 5.74) is 0. The van der Waals surface area contributed by atoms with E-state index < -0.39 is 0 Å². The van der Waals surface area contributed by atoms with Crippen LogP contribution in [0.1, 0.15) is 84.0 Å². The summed E-state index contributed by atoms with van der Waals surface area (Å²) >= 11 is 1.65. The lowest BCUT2D eigenvalue weighted by Crippen LogP contribution is -1.98. The van der Waals surface area contributed by atoms with Crippen molar-refractivity contribution in [1.29, 1.82) is 0 Å². The van der Waals surface area contributed by atoms with Gasteiger partial charge < -0.3 is 4.74 Å². The van der Waals surface area contributed by atoms with Crippen LogP contribution in [0.4, 0.5) is 4.39 Å². The van der Waals surface area contributed by atoms with Gasteiger partial charge in [0.1, 0.15) is 5.82 Å². The fraction of sp³-hybridized carbons (Fsp3) is 0.696. The molecule has 1 aromatic carbocycles. The number of rotatable bonds is 11. The molecular weight excluding hydrogens is 359 g/mol. The average molecular weight is 397 g/mol. The Morgan fingerprint density at radius 3 is 2.52 bits per heavy atom. The molecule has 0 atom stereocenters. The molecule has 0 saturated heterocycles. The topological polar surface area (TPSA) is 26.3 Å². The van der Waals surface area contributed by atoms with E-state index in [9.17, 15) is 9.18 Å². The summed E-state index contributed by atoms with van der Waals surface area (Å²) in [5, 5.41) is 0. The number of carbonyl (C=O) groups excluding carboxylic acids is 1. The number of benzene rings is 1. The summed E-state index contributed by atoms with van der Waals surface area (Å²) in [4.78, 5) is 11.4. The summed E-state index contributed by atoms with van der Waals surface area (Å²) in [6.45, 7) is 2.15. The number of ether oxygens (including phenoxy) is 1. The number of methoxy groups -OCH3 is 1. The molecule has 1 aliphatic carbocycles. The van der Waals surface area contributed by atoms with Crippen molar-refractivity contribution in [3.8, 4) is 0 Å². The van der Waals surface area contributed by atoms with Gasteiger partial charge in [0, 0.05) is 11.3 Å². The van der Waals surface area contributed by atoms with Gasteiger partial charge in [-0.3, -0.25) is 4.79 Å². The summed E-state index contributed by atoms with van der Waals surface area (Å²) < 4.78 is 17.8. The van der Waals surface area contributed by atoms with Crippen LogP contribution in [0.25, 0.3) is 0 Å². The molecule has 4 heteroatoms. The Morgan fingerprint density at radius 2 is 1.85 bits per heavy atom. The van der Waals surface area contributed by atoms with E-state index >= 15 is 0 Å². The quantitative estimate of drug-likeness (QED) is 0.221. The lowest BCUT2D eigenvalue weighted by molar-refractivity contribution is -0.140. The highest BCUT2D eigenvalue weighted by Gasteiger charge is 2.13. The zero-order chi connectivity index (χ0) is 19.7. The first-order valence-corrected chi connectivity index (χ1v) is 11.6. The van der Waals surface area contributed by atoms with E-state index in [4.69, 9.17) is 0 Å². The Labute approximate surface area is 169 Å². The third kappa shape index (κ3) is 12.1. The Kier molecular flexibility index (Phi) is 14.2. The van der Waals surface area contributed by atoms with Crippen molar-refractivity contribution < 1.29 is 13.9 Å². The predicted octanol–water partition coefficient (Wildman–Crippen LogP) is 7.41. The molecule has 0 aromatic heterocycles. The highest BCUT2D eigenvalue weighted by Crippen LogP contribution is 2.29. The van der Waals surface area contributed by atoms with Crippen molar-refractivity contribution in [2.75, 3.05) is 12.9 Å². The summed E-state index contributed by atoms with van der Waals surface area (Å²) in [6, 6.07) is 7.07. The Bertz CT molecular complexity index is 501. The molecule has 0 amide bonds. The first-order valence-electron chi connectivity index (χ1n) is 10.6. The predicted molar refractivity (Wildman–Crippen MR) is 114 cm³/mol. The van der Waals surface area contributed by atoms with Crippen molar-refractivity contribution in [3.63, 3.8) is 0 Å². The van der Waals surface area contributed by atoms with E-state index in [1.165, 1.54) is 64.9 Å².